The van der Waals surface area contributed by atoms with Gasteiger partial charge >= 0.3 is 0 Å². The van der Waals surface area contributed by atoms with Crippen LogP contribution < -0.4 is 0 Å². The van der Waals surface area contributed by atoms with Gasteiger partial charge in [0.1, 0.15) is 11.5 Å². The fourth-order valence-electron chi connectivity index (χ4n) is 2.61. The maximum absolute atomic E-state index is 10.4. The number of thioether (sulfide) groups is 1. The van der Waals surface area contributed by atoms with Crippen LogP contribution in [0.2, 0.25) is 0 Å². The first-order chi connectivity index (χ1) is 12.2. The lowest BCUT2D eigenvalue weighted by Crippen LogP contribution is -2.15. The normalized spacial score (nSPS) is 13.6. The first-order valence-corrected chi connectivity index (χ1v) is 9.23. The van der Waals surface area contributed by atoms with E-state index in [1.807, 2.05) is 6.92 Å². The molecule has 0 saturated carbocycles. The quantitative estimate of drug-likeness (QED) is 0.374. The largest absolute Gasteiger partial charge is 0.506 e. The van der Waals surface area contributed by atoms with Gasteiger partial charge in [-0.3, -0.25) is 9.97 Å². The highest BCUT2D eigenvalue weighted by atomic mass is 32.2. The number of rotatable bonds is 7. The van der Waals surface area contributed by atoms with Gasteiger partial charge in [-0.2, -0.15) is 12.6 Å². The summed E-state index contributed by atoms with van der Waals surface area (Å²) in [6.07, 6.45) is 3.39. The van der Waals surface area contributed by atoms with Crippen LogP contribution in [0.25, 0.3) is 0 Å². The summed E-state index contributed by atoms with van der Waals surface area (Å²) in [5, 5.41) is 20.7. The smallest absolute Gasteiger partial charge is 0.143 e. The van der Waals surface area contributed by atoms with Gasteiger partial charge in [0.15, 0.2) is 0 Å². The van der Waals surface area contributed by atoms with Crippen molar-refractivity contribution in [3.63, 3.8) is 0 Å². The third kappa shape index (κ3) is 4.25. The third-order valence-electron chi connectivity index (χ3n) is 4.03. The fraction of sp³-hybridized carbons (Fsp3) is 0.444. The average molecular weight is 397 g/mol. The van der Waals surface area contributed by atoms with E-state index in [0.717, 1.165) is 10.5 Å². The Morgan fingerprint density at radius 3 is 2.08 bits per heavy atom. The Morgan fingerprint density at radius 2 is 1.50 bits per heavy atom. The number of thiol groups is 1. The zero-order valence-electron chi connectivity index (χ0n) is 15.5. The van der Waals surface area contributed by atoms with Crippen molar-refractivity contribution in [1.29, 1.82) is 0 Å². The minimum atomic E-state index is -0.752. The SMILES string of the molecule is COCc1c(SC(C)(S)c2cnc(C)c(O)c2COC)cnc(C)c1O. The molecule has 0 spiro atoms. The molecule has 0 aliphatic heterocycles. The van der Waals surface area contributed by atoms with E-state index in [0.29, 0.717) is 22.5 Å². The number of aromatic hydroxyl groups is 2. The molecule has 1 unspecified atom stereocenters. The van der Waals surface area contributed by atoms with Crippen molar-refractivity contribution in [1.82, 2.24) is 9.97 Å². The Morgan fingerprint density at radius 1 is 1.00 bits per heavy atom. The average Bonchev–Trinajstić information content (AvgIpc) is 2.58. The van der Waals surface area contributed by atoms with Crippen LogP contribution >= 0.6 is 24.4 Å². The highest BCUT2D eigenvalue weighted by Crippen LogP contribution is 2.49. The maximum Gasteiger partial charge on any atom is 0.143 e. The standard InChI is InChI=1S/C18H24N2O4S2/c1-10-16(21)12(8-23-4)14(6-19-10)18(3,25)26-15-7-20-11(2)17(22)13(15)9-24-5/h6-7,21-22,25H,8-9H2,1-5H3. The first-order valence-electron chi connectivity index (χ1n) is 7.97. The number of pyridine rings is 2. The number of methoxy groups -OCH3 is 2. The summed E-state index contributed by atoms with van der Waals surface area (Å²) in [6.45, 7) is 5.87. The summed E-state index contributed by atoms with van der Waals surface area (Å²) in [7, 11) is 3.14. The van der Waals surface area contributed by atoms with Crippen molar-refractivity contribution in [3.05, 3.63) is 40.5 Å². The van der Waals surface area contributed by atoms with Gasteiger partial charge in [0.2, 0.25) is 0 Å². The van der Waals surface area contributed by atoms with Gasteiger partial charge in [-0.05, 0) is 20.8 Å². The summed E-state index contributed by atoms with van der Waals surface area (Å²) >= 11 is 6.21. The lowest BCUT2D eigenvalue weighted by Gasteiger charge is -2.27. The van der Waals surface area contributed by atoms with E-state index in [1.165, 1.54) is 11.8 Å². The van der Waals surface area contributed by atoms with Gasteiger partial charge in [-0.15, -0.1) is 11.8 Å². The Labute approximate surface area is 163 Å². The summed E-state index contributed by atoms with van der Waals surface area (Å²) in [5.74, 6) is 0.218. The maximum atomic E-state index is 10.4. The van der Waals surface area contributed by atoms with Crippen molar-refractivity contribution >= 4 is 24.4 Å². The second-order valence-electron chi connectivity index (χ2n) is 6.07. The molecule has 2 aromatic rings. The highest BCUT2D eigenvalue weighted by Gasteiger charge is 2.30. The zero-order chi connectivity index (χ0) is 19.5. The van der Waals surface area contributed by atoms with Crippen LogP contribution in [0.15, 0.2) is 17.3 Å². The topological polar surface area (TPSA) is 84.7 Å². The second kappa shape index (κ2) is 8.47. The summed E-state index contributed by atoms with van der Waals surface area (Å²) in [6, 6.07) is 0. The molecule has 2 N–H and O–H groups in total. The fourth-order valence-corrected chi connectivity index (χ4v) is 4.19. The van der Waals surface area contributed by atoms with Crippen LogP contribution in [-0.4, -0.2) is 34.4 Å². The van der Waals surface area contributed by atoms with Crippen molar-refractivity contribution in [2.24, 2.45) is 0 Å². The van der Waals surface area contributed by atoms with Crippen molar-refractivity contribution in [2.45, 2.75) is 43.0 Å². The molecule has 0 amide bonds. The van der Waals surface area contributed by atoms with Crippen LogP contribution in [0.3, 0.4) is 0 Å². The molecule has 0 aromatic carbocycles. The number of ether oxygens (including phenoxy) is 2. The summed E-state index contributed by atoms with van der Waals surface area (Å²) < 4.78 is 9.71. The molecule has 8 heteroatoms. The van der Waals surface area contributed by atoms with E-state index in [-0.39, 0.29) is 24.7 Å². The van der Waals surface area contributed by atoms with Crippen LogP contribution in [0.1, 0.15) is 35.0 Å². The number of aryl methyl sites for hydroxylation is 2. The van der Waals surface area contributed by atoms with Crippen LogP contribution in [0, 0.1) is 13.8 Å². The molecule has 0 fully saturated rings. The molecule has 1 atom stereocenters. The first kappa shape index (κ1) is 20.8. The molecule has 0 saturated heterocycles. The molecular weight excluding hydrogens is 372 g/mol. The van der Waals surface area contributed by atoms with Crippen molar-refractivity contribution in [2.75, 3.05) is 14.2 Å². The van der Waals surface area contributed by atoms with E-state index in [4.69, 9.17) is 22.1 Å². The molecule has 0 radical (unpaired) electrons. The van der Waals surface area contributed by atoms with Crippen LogP contribution in [0.5, 0.6) is 11.5 Å². The second-order valence-corrected chi connectivity index (χ2v) is 8.73. The van der Waals surface area contributed by atoms with Crippen LogP contribution in [0.4, 0.5) is 0 Å². The van der Waals surface area contributed by atoms with E-state index < -0.39 is 4.08 Å². The zero-order valence-corrected chi connectivity index (χ0v) is 17.2. The number of nitrogens with zero attached hydrogens (tertiary/aromatic N) is 2. The molecule has 0 aliphatic carbocycles. The van der Waals surface area contributed by atoms with Gasteiger partial charge < -0.3 is 19.7 Å². The molecular formula is C18H24N2O4S2. The Kier molecular flexibility index (Phi) is 6.79. The van der Waals surface area contributed by atoms with Gasteiger partial charge in [0, 0.05) is 48.2 Å². The molecule has 2 aromatic heterocycles. The van der Waals surface area contributed by atoms with E-state index in [1.54, 1.807) is 40.5 Å². The van der Waals surface area contributed by atoms with Gasteiger partial charge in [0.25, 0.3) is 0 Å². The molecule has 6 nitrogen and oxygen atoms in total. The minimum absolute atomic E-state index is 0.104. The molecule has 2 heterocycles. The Hall–Kier alpha value is -1.48. The predicted octanol–water partition coefficient (Wildman–Crippen LogP) is 3.69. The van der Waals surface area contributed by atoms with Gasteiger partial charge in [-0.25, -0.2) is 0 Å². The third-order valence-corrected chi connectivity index (χ3v) is 5.73. The predicted molar refractivity (Wildman–Crippen MR) is 105 cm³/mol. The van der Waals surface area contributed by atoms with E-state index >= 15 is 0 Å². The number of aromatic nitrogens is 2. The van der Waals surface area contributed by atoms with Crippen LogP contribution in [-0.2, 0) is 26.8 Å². The van der Waals surface area contributed by atoms with Crippen molar-refractivity contribution < 1.29 is 19.7 Å². The Balaban J connectivity index is 2.50. The minimum Gasteiger partial charge on any atom is -0.506 e. The molecule has 26 heavy (non-hydrogen) atoms. The monoisotopic (exact) mass is 396 g/mol. The lowest BCUT2D eigenvalue weighted by molar-refractivity contribution is 0.179. The Bertz CT molecular complexity index is 797. The molecule has 0 bridgehead atoms. The van der Waals surface area contributed by atoms with Crippen molar-refractivity contribution in [3.8, 4) is 11.5 Å². The summed E-state index contributed by atoms with van der Waals surface area (Å²) in [5.41, 5.74) is 3.10. The van der Waals surface area contributed by atoms with E-state index in [9.17, 15) is 10.2 Å². The summed E-state index contributed by atoms with van der Waals surface area (Å²) in [4.78, 5) is 9.25. The molecule has 142 valence electrons. The lowest BCUT2D eigenvalue weighted by atomic mass is 10.1. The number of hydrogen-bond acceptors (Lipinski definition) is 8. The van der Waals surface area contributed by atoms with E-state index in [2.05, 4.69) is 9.97 Å². The molecule has 0 aliphatic rings. The van der Waals surface area contributed by atoms with Gasteiger partial charge in [0.05, 0.1) is 28.7 Å². The number of hydrogen-bond donors (Lipinski definition) is 3. The highest BCUT2D eigenvalue weighted by molar-refractivity contribution is 8.10. The molecule has 2 rings (SSSR count). The van der Waals surface area contributed by atoms with Gasteiger partial charge in [-0.1, -0.05) is 0 Å².